The molecule has 0 bridgehead atoms. The van der Waals surface area contributed by atoms with Crippen LogP contribution in [0.25, 0.3) is 0 Å². The van der Waals surface area contributed by atoms with Crippen molar-refractivity contribution in [3.63, 3.8) is 0 Å². The van der Waals surface area contributed by atoms with Gasteiger partial charge in [-0.15, -0.1) is 0 Å². The van der Waals surface area contributed by atoms with E-state index in [1.807, 2.05) is 45.9 Å². The Morgan fingerprint density at radius 3 is 2.38 bits per heavy atom. The lowest BCUT2D eigenvalue weighted by Gasteiger charge is -2.36. The van der Waals surface area contributed by atoms with E-state index >= 15 is 0 Å². The summed E-state index contributed by atoms with van der Waals surface area (Å²) in [4.78, 5) is 14.9. The van der Waals surface area contributed by atoms with E-state index in [4.69, 9.17) is 5.73 Å². The maximum atomic E-state index is 12.5. The molecule has 1 saturated heterocycles. The highest BCUT2D eigenvalue weighted by Gasteiger charge is 2.40. The summed E-state index contributed by atoms with van der Waals surface area (Å²) in [5.74, 6) is -0.0476. The molecule has 1 heterocycles. The topological polar surface area (TPSA) is 58.4 Å². The van der Waals surface area contributed by atoms with E-state index in [1.54, 1.807) is 0 Å². The number of hydrogen-bond donors (Lipinski definition) is 2. The van der Waals surface area contributed by atoms with E-state index in [1.165, 1.54) is 18.5 Å². The Hall–Kier alpha value is -1.55. The fourth-order valence-corrected chi connectivity index (χ4v) is 2.34. The highest BCUT2D eigenvalue weighted by molar-refractivity contribution is 5.96. The number of carbonyl (C=O) groups is 1. The average molecular weight is 289 g/mol. The number of anilines is 2. The second-order valence-electron chi connectivity index (χ2n) is 7.05. The van der Waals surface area contributed by atoms with Crippen molar-refractivity contribution in [3.8, 4) is 0 Å². The van der Waals surface area contributed by atoms with Gasteiger partial charge >= 0.3 is 0 Å². The molecule has 4 heteroatoms. The smallest absolute Gasteiger partial charge is 0.231 e. The van der Waals surface area contributed by atoms with Crippen LogP contribution in [0.5, 0.6) is 0 Å². The molecule has 21 heavy (non-hydrogen) atoms. The third-order valence-electron chi connectivity index (χ3n) is 4.75. The van der Waals surface area contributed by atoms with Gasteiger partial charge in [-0.2, -0.15) is 0 Å². The van der Waals surface area contributed by atoms with Gasteiger partial charge in [0.2, 0.25) is 5.91 Å². The van der Waals surface area contributed by atoms with Crippen LogP contribution in [0.2, 0.25) is 0 Å². The molecular formula is C17H27N3O. The number of hydrogen-bond acceptors (Lipinski definition) is 3. The minimum absolute atomic E-state index is 0.0476. The molecule has 0 aromatic heterocycles. The largest absolute Gasteiger partial charge is 0.371 e. The number of benzene rings is 1. The van der Waals surface area contributed by atoms with Gasteiger partial charge in [0, 0.05) is 30.0 Å². The first-order chi connectivity index (χ1) is 9.72. The minimum atomic E-state index is -0.642. The normalized spacial score (nSPS) is 16.1. The van der Waals surface area contributed by atoms with E-state index in [-0.39, 0.29) is 5.91 Å². The molecule has 116 valence electrons. The molecule has 1 aliphatic rings. The van der Waals surface area contributed by atoms with Crippen LogP contribution in [0.3, 0.4) is 0 Å². The van der Waals surface area contributed by atoms with Crippen LogP contribution in [-0.2, 0) is 4.79 Å². The fraction of sp³-hybridized carbons (Fsp3) is 0.588. The summed E-state index contributed by atoms with van der Waals surface area (Å²) in [6.45, 7) is 9.72. The molecular weight excluding hydrogens is 262 g/mol. The monoisotopic (exact) mass is 289 g/mol. The Morgan fingerprint density at radius 1 is 1.19 bits per heavy atom. The minimum Gasteiger partial charge on any atom is -0.371 e. The standard InChI is InChI=1S/C17H27N3O/c1-16(2,17(3,4)18)15(21)19-13-8-7-9-14(12-13)20-10-5-6-11-20/h7-9,12H,5-6,10-11,18H2,1-4H3,(H,19,21). The van der Waals surface area contributed by atoms with Crippen molar-refractivity contribution in [2.75, 3.05) is 23.3 Å². The van der Waals surface area contributed by atoms with Gasteiger partial charge in [-0.3, -0.25) is 4.79 Å². The molecule has 1 aromatic carbocycles. The number of carbonyl (C=O) groups excluding carboxylic acids is 1. The van der Waals surface area contributed by atoms with E-state index in [0.29, 0.717) is 0 Å². The number of amides is 1. The second-order valence-corrected chi connectivity index (χ2v) is 7.05. The quantitative estimate of drug-likeness (QED) is 0.896. The molecule has 0 unspecified atom stereocenters. The lowest BCUT2D eigenvalue weighted by molar-refractivity contribution is -0.126. The van der Waals surface area contributed by atoms with Gasteiger partial charge in [0.1, 0.15) is 0 Å². The Labute approximate surface area is 127 Å². The number of rotatable bonds is 4. The van der Waals surface area contributed by atoms with E-state index in [2.05, 4.69) is 16.3 Å². The summed E-state index contributed by atoms with van der Waals surface area (Å²) in [6, 6.07) is 8.06. The van der Waals surface area contributed by atoms with Crippen molar-refractivity contribution in [3.05, 3.63) is 24.3 Å². The van der Waals surface area contributed by atoms with Crippen LogP contribution in [0, 0.1) is 5.41 Å². The first-order valence-electron chi connectivity index (χ1n) is 7.67. The first kappa shape index (κ1) is 15.8. The van der Waals surface area contributed by atoms with Gasteiger partial charge < -0.3 is 16.0 Å². The summed E-state index contributed by atoms with van der Waals surface area (Å²) in [6.07, 6.45) is 2.48. The molecule has 1 aromatic rings. The average Bonchev–Trinajstić information content (AvgIpc) is 2.91. The molecule has 0 aliphatic carbocycles. The number of nitrogens with zero attached hydrogens (tertiary/aromatic N) is 1. The Bertz CT molecular complexity index is 511. The number of nitrogens with one attached hydrogen (secondary N) is 1. The number of nitrogens with two attached hydrogens (primary N) is 1. The molecule has 4 nitrogen and oxygen atoms in total. The van der Waals surface area contributed by atoms with Crippen molar-refractivity contribution in [1.29, 1.82) is 0 Å². The zero-order valence-corrected chi connectivity index (χ0v) is 13.6. The molecule has 3 N–H and O–H groups in total. The molecule has 0 radical (unpaired) electrons. The summed E-state index contributed by atoms with van der Waals surface area (Å²) >= 11 is 0. The van der Waals surface area contributed by atoms with Crippen molar-refractivity contribution in [2.24, 2.45) is 11.1 Å². The Kier molecular flexibility index (Phi) is 4.28. The SMILES string of the molecule is CC(C)(N)C(C)(C)C(=O)Nc1cccc(N2CCCC2)c1. The predicted molar refractivity (Wildman–Crippen MR) is 88.6 cm³/mol. The van der Waals surface area contributed by atoms with E-state index < -0.39 is 11.0 Å². The van der Waals surface area contributed by atoms with Crippen LogP contribution in [0.1, 0.15) is 40.5 Å². The highest BCUT2D eigenvalue weighted by atomic mass is 16.2. The summed E-state index contributed by atoms with van der Waals surface area (Å²) in [7, 11) is 0. The van der Waals surface area contributed by atoms with Gasteiger partial charge in [0.25, 0.3) is 0 Å². The second kappa shape index (κ2) is 5.68. The molecule has 1 fully saturated rings. The zero-order chi connectivity index (χ0) is 15.7. The predicted octanol–water partition coefficient (Wildman–Crippen LogP) is 2.99. The molecule has 0 atom stereocenters. The summed E-state index contributed by atoms with van der Waals surface area (Å²) < 4.78 is 0. The lowest BCUT2D eigenvalue weighted by Crippen LogP contribution is -2.53. The third kappa shape index (κ3) is 3.38. The Balaban J connectivity index is 2.13. The lowest BCUT2D eigenvalue weighted by atomic mass is 9.74. The van der Waals surface area contributed by atoms with Crippen LogP contribution in [0.4, 0.5) is 11.4 Å². The molecule has 1 aliphatic heterocycles. The molecule has 0 spiro atoms. The third-order valence-corrected chi connectivity index (χ3v) is 4.75. The van der Waals surface area contributed by atoms with Gasteiger partial charge in [-0.05, 0) is 58.7 Å². The van der Waals surface area contributed by atoms with E-state index in [9.17, 15) is 4.79 Å². The van der Waals surface area contributed by atoms with Crippen LogP contribution in [-0.4, -0.2) is 24.5 Å². The van der Waals surface area contributed by atoms with Crippen LogP contribution in [0.15, 0.2) is 24.3 Å². The van der Waals surface area contributed by atoms with Crippen LogP contribution >= 0.6 is 0 Å². The van der Waals surface area contributed by atoms with Crippen molar-refractivity contribution in [2.45, 2.75) is 46.1 Å². The molecule has 2 rings (SSSR count). The zero-order valence-electron chi connectivity index (χ0n) is 13.6. The van der Waals surface area contributed by atoms with Gasteiger partial charge in [0.15, 0.2) is 0 Å². The van der Waals surface area contributed by atoms with Gasteiger partial charge in [0.05, 0.1) is 5.41 Å². The first-order valence-corrected chi connectivity index (χ1v) is 7.67. The fourth-order valence-electron chi connectivity index (χ4n) is 2.34. The molecule has 0 saturated carbocycles. The van der Waals surface area contributed by atoms with Gasteiger partial charge in [-0.25, -0.2) is 0 Å². The maximum Gasteiger partial charge on any atom is 0.231 e. The molecule has 1 amide bonds. The summed E-state index contributed by atoms with van der Waals surface area (Å²) in [5.41, 5.74) is 6.92. The van der Waals surface area contributed by atoms with Gasteiger partial charge in [-0.1, -0.05) is 6.07 Å². The highest BCUT2D eigenvalue weighted by Crippen LogP contribution is 2.30. The Morgan fingerprint density at radius 2 is 1.81 bits per heavy atom. The maximum absolute atomic E-state index is 12.5. The van der Waals surface area contributed by atoms with Crippen molar-refractivity contribution in [1.82, 2.24) is 0 Å². The van der Waals surface area contributed by atoms with Crippen molar-refractivity contribution < 1.29 is 4.79 Å². The van der Waals surface area contributed by atoms with Crippen LogP contribution < -0.4 is 16.0 Å². The van der Waals surface area contributed by atoms with E-state index in [0.717, 1.165) is 18.8 Å². The summed E-state index contributed by atoms with van der Waals surface area (Å²) in [5, 5.41) is 3.01. The van der Waals surface area contributed by atoms with Crippen molar-refractivity contribution >= 4 is 17.3 Å².